The summed E-state index contributed by atoms with van der Waals surface area (Å²) < 4.78 is 0. The number of aryl methyl sites for hydroxylation is 1. The van der Waals surface area contributed by atoms with Gasteiger partial charge >= 0.3 is 0 Å². The molecule has 1 fully saturated rings. The standard InChI is InChI=1S/C14H19N3O3/c1-10-3-4-12(17(19)20)11(9-10)16-13(18)14(2)5-7-15-8-6-14/h3-4,9,15H,5-8H2,1-2H3,(H,16,18). The number of nitro benzene ring substituents is 1. The summed E-state index contributed by atoms with van der Waals surface area (Å²) in [5.41, 5.74) is 0.616. The van der Waals surface area contributed by atoms with Crippen molar-refractivity contribution in [1.29, 1.82) is 0 Å². The average molecular weight is 277 g/mol. The van der Waals surface area contributed by atoms with Crippen molar-refractivity contribution in [2.24, 2.45) is 5.41 Å². The van der Waals surface area contributed by atoms with E-state index in [9.17, 15) is 14.9 Å². The Bertz CT molecular complexity index is 536. The number of rotatable bonds is 3. The normalized spacial score (nSPS) is 17.5. The molecule has 0 spiro atoms. The van der Waals surface area contributed by atoms with Crippen molar-refractivity contribution >= 4 is 17.3 Å². The predicted octanol–water partition coefficient (Wildman–Crippen LogP) is 2.23. The molecule has 0 radical (unpaired) electrons. The van der Waals surface area contributed by atoms with Gasteiger partial charge in [-0.1, -0.05) is 13.0 Å². The molecule has 1 heterocycles. The highest BCUT2D eigenvalue weighted by Crippen LogP contribution is 2.32. The Labute approximate surface area is 117 Å². The monoisotopic (exact) mass is 277 g/mol. The van der Waals surface area contributed by atoms with Crippen molar-refractivity contribution in [3.8, 4) is 0 Å². The van der Waals surface area contributed by atoms with Crippen LogP contribution in [0, 0.1) is 22.5 Å². The number of amides is 1. The maximum atomic E-state index is 12.4. The molecular formula is C14H19N3O3. The van der Waals surface area contributed by atoms with Crippen molar-refractivity contribution in [2.45, 2.75) is 26.7 Å². The molecule has 1 aromatic carbocycles. The molecule has 6 heteroatoms. The third-order valence-corrected chi connectivity index (χ3v) is 3.85. The Morgan fingerprint density at radius 2 is 2.05 bits per heavy atom. The Hall–Kier alpha value is -1.95. The molecule has 1 aromatic rings. The van der Waals surface area contributed by atoms with Crippen LogP contribution in [0.5, 0.6) is 0 Å². The Morgan fingerprint density at radius 1 is 1.40 bits per heavy atom. The molecule has 1 aliphatic rings. The lowest BCUT2D eigenvalue weighted by atomic mass is 9.80. The minimum Gasteiger partial charge on any atom is -0.320 e. The van der Waals surface area contributed by atoms with Crippen molar-refractivity contribution in [2.75, 3.05) is 18.4 Å². The first-order chi connectivity index (χ1) is 9.42. The molecule has 0 unspecified atom stereocenters. The van der Waals surface area contributed by atoms with Crippen LogP contribution in [0.25, 0.3) is 0 Å². The molecule has 0 aliphatic carbocycles. The van der Waals surface area contributed by atoms with Gasteiger partial charge in [-0.15, -0.1) is 0 Å². The van der Waals surface area contributed by atoms with Gasteiger partial charge in [-0.3, -0.25) is 14.9 Å². The van der Waals surface area contributed by atoms with E-state index in [4.69, 9.17) is 0 Å². The van der Waals surface area contributed by atoms with E-state index >= 15 is 0 Å². The zero-order valence-electron chi connectivity index (χ0n) is 11.7. The van der Waals surface area contributed by atoms with Gasteiger partial charge in [-0.2, -0.15) is 0 Å². The van der Waals surface area contributed by atoms with E-state index in [2.05, 4.69) is 10.6 Å². The topological polar surface area (TPSA) is 84.3 Å². The minimum atomic E-state index is -0.472. The Balaban J connectivity index is 2.23. The summed E-state index contributed by atoms with van der Waals surface area (Å²) in [4.78, 5) is 23.0. The lowest BCUT2D eigenvalue weighted by Gasteiger charge is -2.32. The van der Waals surface area contributed by atoms with Gasteiger partial charge in [0.05, 0.1) is 4.92 Å². The number of nitro groups is 1. The number of anilines is 1. The smallest absolute Gasteiger partial charge is 0.292 e. The summed E-state index contributed by atoms with van der Waals surface area (Å²) in [6.45, 7) is 5.33. The fourth-order valence-corrected chi connectivity index (χ4v) is 2.39. The fourth-order valence-electron chi connectivity index (χ4n) is 2.39. The van der Waals surface area contributed by atoms with Gasteiger partial charge in [0.1, 0.15) is 5.69 Å². The second-order valence-electron chi connectivity index (χ2n) is 5.54. The number of carbonyl (C=O) groups excluding carboxylic acids is 1. The van der Waals surface area contributed by atoms with E-state index in [-0.39, 0.29) is 17.3 Å². The minimum absolute atomic E-state index is 0.0681. The van der Waals surface area contributed by atoms with Crippen LogP contribution in [0.2, 0.25) is 0 Å². The Kier molecular flexibility index (Phi) is 4.04. The van der Waals surface area contributed by atoms with Crippen molar-refractivity contribution < 1.29 is 9.72 Å². The summed E-state index contributed by atoms with van der Waals surface area (Å²) in [5, 5.41) is 17.0. The first-order valence-corrected chi connectivity index (χ1v) is 6.70. The zero-order chi connectivity index (χ0) is 14.8. The number of benzene rings is 1. The number of carbonyl (C=O) groups is 1. The number of hydrogen-bond acceptors (Lipinski definition) is 4. The highest BCUT2D eigenvalue weighted by molar-refractivity contribution is 5.97. The second kappa shape index (κ2) is 5.58. The van der Waals surface area contributed by atoms with Crippen LogP contribution in [0.3, 0.4) is 0 Å². The first kappa shape index (κ1) is 14.5. The van der Waals surface area contributed by atoms with E-state index in [1.807, 2.05) is 13.8 Å². The second-order valence-corrected chi connectivity index (χ2v) is 5.54. The van der Waals surface area contributed by atoms with Crippen LogP contribution in [-0.2, 0) is 4.79 Å². The molecular weight excluding hydrogens is 258 g/mol. The molecule has 20 heavy (non-hydrogen) atoms. The van der Waals surface area contributed by atoms with E-state index in [0.29, 0.717) is 0 Å². The highest BCUT2D eigenvalue weighted by atomic mass is 16.6. The van der Waals surface area contributed by atoms with Gasteiger partial charge in [0.25, 0.3) is 5.69 Å². The van der Waals surface area contributed by atoms with Crippen LogP contribution in [0.1, 0.15) is 25.3 Å². The van der Waals surface area contributed by atoms with E-state index in [1.165, 1.54) is 6.07 Å². The largest absolute Gasteiger partial charge is 0.320 e. The van der Waals surface area contributed by atoms with Crippen LogP contribution >= 0.6 is 0 Å². The van der Waals surface area contributed by atoms with Gasteiger partial charge in [0.15, 0.2) is 0 Å². The molecule has 108 valence electrons. The predicted molar refractivity (Wildman–Crippen MR) is 76.7 cm³/mol. The molecule has 0 bridgehead atoms. The molecule has 1 aliphatic heterocycles. The molecule has 0 atom stereocenters. The number of nitrogens with one attached hydrogen (secondary N) is 2. The molecule has 2 N–H and O–H groups in total. The number of hydrogen-bond donors (Lipinski definition) is 2. The third-order valence-electron chi connectivity index (χ3n) is 3.85. The van der Waals surface area contributed by atoms with Crippen LogP contribution < -0.4 is 10.6 Å². The number of piperidine rings is 1. The van der Waals surface area contributed by atoms with Crippen molar-refractivity contribution in [1.82, 2.24) is 5.32 Å². The summed E-state index contributed by atoms with van der Waals surface area (Å²) in [6.07, 6.45) is 1.47. The van der Waals surface area contributed by atoms with Gasteiger partial charge in [-0.25, -0.2) is 0 Å². The summed E-state index contributed by atoms with van der Waals surface area (Å²) in [5.74, 6) is -0.146. The number of nitrogens with zero attached hydrogens (tertiary/aromatic N) is 1. The summed E-state index contributed by atoms with van der Waals surface area (Å²) in [7, 11) is 0. The van der Waals surface area contributed by atoms with E-state index < -0.39 is 10.3 Å². The van der Waals surface area contributed by atoms with Gasteiger partial charge < -0.3 is 10.6 Å². The van der Waals surface area contributed by atoms with E-state index in [1.54, 1.807) is 12.1 Å². The molecule has 0 saturated carbocycles. The average Bonchev–Trinajstić information content (AvgIpc) is 2.39. The van der Waals surface area contributed by atoms with Crippen LogP contribution in [-0.4, -0.2) is 23.9 Å². The summed E-state index contributed by atoms with van der Waals surface area (Å²) in [6, 6.07) is 4.73. The third kappa shape index (κ3) is 2.96. The molecule has 1 amide bonds. The van der Waals surface area contributed by atoms with Gasteiger partial charge in [-0.05, 0) is 44.5 Å². The maximum absolute atomic E-state index is 12.4. The first-order valence-electron chi connectivity index (χ1n) is 6.70. The molecule has 1 saturated heterocycles. The fraction of sp³-hybridized carbons (Fsp3) is 0.500. The molecule has 6 nitrogen and oxygen atoms in total. The van der Waals surface area contributed by atoms with Crippen molar-refractivity contribution in [3.05, 3.63) is 33.9 Å². The van der Waals surface area contributed by atoms with Crippen molar-refractivity contribution in [3.63, 3.8) is 0 Å². The lowest BCUT2D eigenvalue weighted by molar-refractivity contribution is -0.383. The maximum Gasteiger partial charge on any atom is 0.292 e. The van der Waals surface area contributed by atoms with Crippen LogP contribution in [0.15, 0.2) is 18.2 Å². The highest BCUT2D eigenvalue weighted by Gasteiger charge is 2.35. The van der Waals surface area contributed by atoms with E-state index in [0.717, 1.165) is 31.5 Å². The van der Waals surface area contributed by atoms with Gasteiger partial charge in [0.2, 0.25) is 5.91 Å². The summed E-state index contributed by atoms with van der Waals surface area (Å²) >= 11 is 0. The van der Waals surface area contributed by atoms with Crippen LogP contribution in [0.4, 0.5) is 11.4 Å². The zero-order valence-corrected chi connectivity index (χ0v) is 11.7. The molecule has 2 rings (SSSR count). The molecule has 0 aromatic heterocycles. The SMILES string of the molecule is Cc1ccc([N+](=O)[O-])c(NC(=O)C2(C)CCNCC2)c1. The van der Waals surface area contributed by atoms with Gasteiger partial charge in [0, 0.05) is 11.5 Å². The quantitative estimate of drug-likeness (QED) is 0.655. The Morgan fingerprint density at radius 3 is 2.65 bits per heavy atom. The lowest BCUT2D eigenvalue weighted by Crippen LogP contribution is -2.42.